The smallest absolute Gasteiger partial charge is 0.221 e. The molecule has 0 aromatic rings. The van der Waals surface area contributed by atoms with Gasteiger partial charge < -0.3 is 16.6 Å². The van der Waals surface area contributed by atoms with Crippen molar-refractivity contribution in [2.45, 2.75) is 25.9 Å². The largest absolute Gasteiger partial charge is 0.393 e. The Morgan fingerprint density at radius 1 is 1.42 bits per heavy atom. The average Bonchev–Trinajstić information content (AvgIpc) is 1.83. The molecule has 0 aromatic carbocycles. The van der Waals surface area contributed by atoms with E-state index in [0.717, 1.165) is 0 Å². The summed E-state index contributed by atoms with van der Waals surface area (Å²) in [5.41, 5.74) is 9.85. The van der Waals surface area contributed by atoms with Crippen molar-refractivity contribution < 1.29 is 14.7 Å². The number of aliphatic hydroxyl groups is 1. The number of rotatable bonds is 5. The molecule has 70 valence electrons. The van der Waals surface area contributed by atoms with Gasteiger partial charge in [0.1, 0.15) is 0 Å². The number of carbonyl (C=O) groups is 2. The van der Waals surface area contributed by atoms with Crippen LogP contribution in [0.15, 0.2) is 0 Å². The molecule has 0 radical (unpaired) electrons. The Hall–Kier alpha value is -1.10. The quantitative estimate of drug-likeness (QED) is 0.484. The first kappa shape index (κ1) is 10.9. The van der Waals surface area contributed by atoms with E-state index in [0.29, 0.717) is 0 Å². The average molecular weight is 174 g/mol. The highest BCUT2D eigenvalue weighted by Gasteiger charge is 2.19. The van der Waals surface area contributed by atoms with Gasteiger partial charge in [-0.15, -0.1) is 0 Å². The minimum atomic E-state index is -0.651. The van der Waals surface area contributed by atoms with Gasteiger partial charge in [-0.1, -0.05) is 0 Å². The lowest BCUT2D eigenvalue weighted by molar-refractivity contribution is -0.127. The normalized spacial score (nSPS) is 15.2. The van der Waals surface area contributed by atoms with Crippen LogP contribution in [0.4, 0.5) is 0 Å². The van der Waals surface area contributed by atoms with Crippen LogP contribution in [0.3, 0.4) is 0 Å². The second-order valence-electron chi connectivity index (χ2n) is 2.85. The zero-order valence-corrected chi connectivity index (χ0v) is 6.99. The van der Waals surface area contributed by atoms with Gasteiger partial charge in [0.15, 0.2) is 0 Å². The predicted octanol–water partition coefficient (Wildman–Crippen LogP) is -1.27. The Morgan fingerprint density at radius 2 is 1.92 bits per heavy atom. The summed E-state index contributed by atoms with van der Waals surface area (Å²) in [6, 6.07) is 0. The summed E-state index contributed by atoms with van der Waals surface area (Å²) < 4.78 is 0. The maximum Gasteiger partial charge on any atom is 0.221 e. The fraction of sp³-hybridized carbons (Fsp3) is 0.714. The van der Waals surface area contributed by atoms with Gasteiger partial charge in [-0.2, -0.15) is 0 Å². The lowest BCUT2D eigenvalue weighted by Gasteiger charge is -2.12. The fourth-order valence-corrected chi connectivity index (χ4v) is 0.955. The molecule has 0 saturated carbocycles. The highest BCUT2D eigenvalue weighted by molar-refractivity contribution is 5.83. The molecule has 2 amide bonds. The summed E-state index contributed by atoms with van der Waals surface area (Å²) in [7, 11) is 0. The first-order valence-electron chi connectivity index (χ1n) is 3.69. The van der Waals surface area contributed by atoms with Crippen LogP contribution in [0.5, 0.6) is 0 Å². The van der Waals surface area contributed by atoms with E-state index in [1.165, 1.54) is 6.92 Å². The van der Waals surface area contributed by atoms with Crippen LogP contribution in [0.25, 0.3) is 0 Å². The summed E-state index contributed by atoms with van der Waals surface area (Å²) in [6.07, 6.45) is -0.569. The number of hydrogen-bond acceptors (Lipinski definition) is 3. The van der Waals surface area contributed by atoms with Crippen LogP contribution in [0.2, 0.25) is 0 Å². The zero-order valence-electron chi connectivity index (χ0n) is 6.99. The topological polar surface area (TPSA) is 106 Å². The summed E-state index contributed by atoms with van der Waals surface area (Å²) in [5, 5.41) is 8.92. The lowest BCUT2D eigenvalue weighted by atomic mass is 9.98. The molecule has 5 heteroatoms. The van der Waals surface area contributed by atoms with E-state index in [2.05, 4.69) is 0 Å². The van der Waals surface area contributed by atoms with Crippen molar-refractivity contribution in [1.82, 2.24) is 0 Å². The van der Waals surface area contributed by atoms with Gasteiger partial charge in [-0.25, -0.2) is 0 Å². The fourth-order valence-electron chi connectivity index (χ4n) is 0.955. The van der Waals surface area contributed by atoms with Crippen molar-refractivity contribution in [3.63, 3.8) is 0 Å². The monoisotopic (exact) mass is 174 g/mol. The molecule has 2 unspecified atom stereocenters. The van der Waals surface area contributed by atoms with Crippen molar-refractivity contribution in [2.24, 2.45) is 17.4 Å². The molecule has 5 N–H and O–H groups in total. The van der Waals surface area contributed by atoms with E-state index in [1.807, 2.05) is 0 Å². The zero-order chi connectivity index (χ0) is 9.72. The Labute approximate surface area is 70.7 Å². The van der Waals surface area contributed by atoms with Gasteiger partial charge in [0.25, 0.3) is 0 Å². The first-order chi connectivity index (χ1) is 5.43. The van der Waals surface area contributed by atoms with Crippen LogP contribution >= 0.6 is 0 Å². The third kappa shape index (κ3) is 4.68. The minimum absolute atomic E-state index is 0.0970. The third-order valence-electron chi connectivity index (χ3n) is 1.48. The van der Waals surface area contributed by atoms with E-state index in [1.54, 1.807) is 0 Å². The summed E-state index contributed by atoms with van der Waals surface area (Å²) in [5.74, 6) is -1.84. The predicted molar refractivity (Wildman–Crippen MR) is 42.8 cm³/mol. The number of aliphatic hydroxyl groups excluding tert-OH is 1. The molecular weight excluding hydrogens is 160 g/mol. The number of carbonyl (C=O) groups excluding carboxylic acids is 2. The molecule has 0 fully saturated rings. The van der Waals surface area contributed by atoms with Crippen LogP contribution in [0.1, 0.15) is 19.8 Å². The van der Waals surface area contributed by atoms with Gasteiger partial charge in [0.05, 0.1) is 6.10 Å². The number of hydrogen-bond donors (Lipinski definition) is 3. The van der Waals surface area contributed by atoms with E-state index in [4.69, 9.17) is 16.6 Å². The molecule has 12 heavy (non-hydrogen) atoms. The molecule has 0 heterocycles. The molecule has 0 aliphatic carbocycles. The molecule has 0 saturated heterocycles. The number of primary amides is 2. The Balaban J connectivity index is 4.04. The molecule has 0 aromatic heterocycles. The molecule has 0 spiro atoms. The third-order valence-corrected chi connectivity index (χ3v) is 1.48. The number of nitrogens with two attached hydrogens (primary N) is 2. The van der Waals surface area contributed by atoms with E-state index in [-0.39, 0.29) is 12.8 Å². The van der Waals surface area contributed by atoms with Gasteiger partial charge in [-0.3, -0.25) is 9.59 Å². The highest BCUT2D eigenvalue weighted by atomic mass is 16.3. The van der Waals surface area contributed by atoms with Crippen molar-refractivity contribution in [3.05, 3.63) is 0 Å². The van der Waals surface area contributed by atoms with E-state index >= 15 is 0 Å². The summed E-state index contributed by atoms with van der Waals surface area (Å²) in [6.45, 7) is 1.52. The Kier molecular flexibility index (Phi) is 4.28. The maximum atomic E-state index is 10.7. The highest BCUT2D eigenvalue weighted by Crippen LogP contribution is 2.10. The van der Waals surface area contributed by atoms with Crippen molar-refractivity contribution in [3.8, 4) is 0 Å². The Morgan fingerprint density at radius 3 is 2.17 bits per heavy atom. The van der Waals surface area contributed by atoms with E-state index in [9.17, 15) is 9.59 Å². The van der Waals surface area contributed by atoms with Gasteiger partial charge >= 0.3 is 0 Å². The van der Waals surface area contributed by atoms with Crippen LogP contribution in [0, 0.1) is 5.92 Å². The van der Waals surface area contributed by atoms with Crippen molar-refractivity contribution in [2.75, 3.05) is 0 Å². The summed E-state index contributed by atoms with van der Waals surface area (Å²) in [4.78, 5) is 21.1. The van der Waals surface area contributed by atoms with Crippen LogP contribution in [-0.4, -0.2) is 23.0 Å². The second-order valence-corrected chi connectivity index (χ2v) is 2.85. The second kappa shape index (κ2) is 4.71. The van der Waals surface area contributed by atoms with Gasteiger partial charge in [-0.05, 0) is 13.3 Å². The van der Waals surface area contributed by atoms with Crippen molar-refractivity contribution in [1.29, 1.82) is 0 Å². The van der Waals surface area contributed by atoms with Crippen LogP contribution in [-0.2, 0) is 9.59 Å². The molecule has 5 nitrogen and oxygen atoms in total. The SMILES string of the molecule is CC(O)CC(CC(N)=O)C(N)=O. The first-order valence-corrected chi connectivity index (χ1v) is 3.69. The number of amides is 2. The lowest BCUT2D eigenvalue weighted by Crippen LogP contribution is -2.30. The molecular formula is C7H14N2O3. The van der Waals surface area contributed by atoms with Crippen molar-refractivity contribution >= 4 is 11.8 Å². The molecule has 0 rings (SSSR count). The van der Waals surface area contributed by atoms with E-state index < -0.39 is 23.8 Å². The molecule has 0 aliphatic heterocycles. The standard InChI is InChI=1S/C7H14N2O3/c1-4(10)2-5(7(9)12)3-6(8)11/h4-5,10H,2-3H2,1H3,(H2,8,11)(H2,9,12). The van der Waals surface area contributed by atoms with Gasteiger partial charge in [0, 0.05) is 12.3 Å². The van der Waals surface area contributed by atoms with Crippen LogP contribution < -0.4 is 11.5 Å². The Bertz CT molecular complexity index is 179. The van der Waals surface area contributed by atoms with Gasteiger partial charge in [0.2, 0.25) is 11.8 Å². The molecule has 0 aliphatic rings. The molecule has 0 bridgehead atoms. The maximum absolute atomic E-state index is 10.7. The minimum Gasteiger partial charge on any atom is -0.393 e. The summed E-state index contributed by atoms with van der Waals surface area (Å²) >= 11 is 0. The molecule has 2 atom stereocenters.